The van der Waals surface area contributed by atoms with Crippen LogP contribution in [0.2, 0.25) is 0 Å². The lowest BCUT2D eigenvalue weighted by molar-refractivity contribution is -0.150. The summed E-state index contributed by atoms with van der Waals surface area (Å²) in [6.45, 7) is 11.9. The number of carbonyl (C=O) groups excluding carboxylic acids is 3. The molecule has 0 saturated carbocycles. The van der Waals surface area contributed by atoms with Gasteiger partial charge in [-0.05, 0) is 49.1 Å². The summed E-state index contributed by atoms with van der Waals surface area (Å²) in [6, 6.07) is 19.0. The third-order valence-corrected chi connectivity index (χ3v) is 7.34. The Morgan fingerprint density at radius 3 is 2.17 bits per heavy atom. The quantitative estimate of drug-likeness (QED) is 0.124. The van der Waals surface area contributed by atoms with Crippen LogP contribution in [0.25, 0.3) is 0 Å². The first-order chi connectivity index (χ1) is 20.3. The lowest BCUT2D eigenvalue weighted by Gasteiger charge is -2.27. The van der Waals surface area contributed by atoms with Gasteiger partial charge in [-0.1, -0.05) is 86.7 Å². The number of allylic oxidation sites excluding steroid dienone is 2. The van der Waals surface area contributed by atoms with Gasteiger partial charge in [-0.3, -0.25) is 14.4 Å². The van der Waals surface area contributed by atoms with Crippen LogP contribution in [-0.2, 0) is 32.1 Å². The molecule has 2 aromatic rings. The minimum Gasteiger partial charge on any atom is -0.463 e. The maximum absolute atomic E-state index is 13.4. The Morgan fingerprint density at radius 2 is 1.60 bits per heavy atom. The first-order valence-electron chi connectivity index (χ1n) is 14.9. The number of aliphatic hydroxyl groups excluding tert-OH is 1. The van der Waals surface area contributed by atoms with Gasteiger partial charge < -0.3 is 20.1 Å². The monoisotopic (exact) mass is 576 g/mol. The number of benzene rings is 2. The molecule has 42 heavy (non-hydrogen) atoms. The summed E-state index contributed by atoms with van der Waals surface area (Å²) in [7, 11) is 0. The molecule has 0 aliphatic heterocycles. The van der Waals surface area contributed by atoms with Crippen molar-refractivity contribution >= 4 is 17.8 Å². The molecular weight excluding hydrogens is 528 g/mol. The number of hydrogen-bond acceptors (Lipinski definition) is 5. The number of unbranched alkanes of at least 4 members (excludes halogenated alkanes) is 1. The molecule has 0 bridgehead atoms. The van der Waals surface area contributed by atoms with Crippen LogP contribution in [0.4, 0.5) is 0 Å². The van der Waals surface area contributed by atoms with Crippen molar-refractivity contribution in [1.29, 1.82) is 0 Å². The van der Waals surface area contributed by atoms with Gasteiger partial charge in [0.15, 0.2) is 0 Å². The van der Waals surface area contributed by atoms with Crippen molar-refractivity contribution in [3.05, 3.63) is 97.1 Å². The Kier molecular flexibility index (Phi) is 15.9. The number of aliphatic hydroxyl groups is 1. The van der Waals surface area contributed by atoms with E-state index in [2.05, 4.69) is 18.5 Å². The molecule has 0 radical (unpaired) electrons. The molecular formula is C35H48N2O5. The Balaban J connectivity index is 2.04. The molecule has 0 aliphatic carbocycles. The highest BCUT2D eigenvalue weighted by molar-refractivity contribution is 5.86. The Bertz CT molecular complexity index is 1100. The molecule has 0 saturated heterocycles. The molecule has 3 atom stereocenters. The van der Waals surface area contributed by atoms with Crippen molar-refractivity contribution in [3.8, 4) is 0 Å². The maximum Gasteiger partial charge on any atom is 0.309 e. The first-order valence-corrected chi connectivity index (χ1v) is 14.9. The lowest BCUT2D eigenvalue weighted by Crippen LogP contribution is -2.46. The van der Waals surface area contributed by atoms with Crippen LogP contribution in [0.15, 0.2) is 86.0 Å². The molecule has 2 amide bonds. The molecule has 2 aromatic carbocycles. The Labute approximate surface area is 251 Å². The average molecular weight is 577 g/mol. The van der Waals surface area contributed by atoms with E-state index in [1.165, 1.54) is 0 Å². The standard InChI is InChI=1S/C35H48N2O5/c1-5-7-10-20-31(23-28-16-11-8-12-17-28)35(41)42-26-32(27(3)4)36-34(40)30(15-6-2)24-33(39)37(21-22-38)25-29-18-13-9-14-19-29/h5-6,8-9,11-14,16-19,27,30-32,38H,1-2,7,10,15,20-26H2,3-4H3,(H,36,40)/t30-,31+,32+/m0/s1. The second-order valence-corrected chi connectivity index (χ2v) is 11.0. The zero-order valence-corrected chi connectivity index (χ0v) is 25.3. The van der Waals surface area contributed by atoms with E-state index >= 15 is 0 Å². The fourth-order valence-corrected chi connectivity index (χ4v) is 4.74. The lowest BCUT2D eigenvalue weighted by atomic mass is 9.94. The number of carbonyl (C=O) groups is 3. The highest BCUT2D eigenvalue weighted by atomic mass is 16.5. The van der Waals surface area contributed by atoms with Gasteiger partial charge in [0.2, 0.25) is 11.8 Å². The average Bonchev–Trinajstić information content (AvgIpc) is 2.99. The van der Waals surface area contributed by atoms with Gasteiger partial charge in [0.25, 0.3) is 0 Å². The minimum absolute atomic E-state index is 0.000796. The number of nitrogens with one attached hydrogen (secondary N) is 1. The topological polar surface area (TPSA) is 95.9 Å². The van der Waals surface area contributed by atoms with Crippen LogP contribution >= 0.6 is 0 Å². The maximum atomic E-state index is 13.4. The second kappa shape index (κ2) is 19.4. The van der Waals surface area contributed by atoms with E-state index in [1.54, 1.807) is 11.0 Å². The third-order valence-electron chi connectivity index (χ3n) is 7.34. The van der Waals surface area contributed by atoms with E-state index in [9.17, 15) is 19.5 Å². The second-order valence-electron chi connectivity index (χ2n) is 11.0. The normalized spacial score (nSPS) is 13.0. The number of ether oxygens (including phenoxy) is 1. The van der Waals surface area contributed by atoms with Crippen LogP contribution in [0, 0.1) is 17.8 Å². The number of nitrogens with zero attached hydrogens (tertiary/aromatic N) is 1. The van der Waals surface area contributed by atoms with Gasteiger partial charge in [-0.2, -0.15) is 0 Å². The third kappa shape index (κ3) is 12.4. The van der Waals surface area contributed by atoms with E-state index in [0.29, 0.717) is 25.8 Å². The number of amides is 2. The molecule has 0 spiro atoms. The highest BCUT2D eigenvalue weighted by Crippen LogP contribution is 2.19. The highest BCUT2D eigenvalue weighted by Gasteiger charge is 2.28. The van der Waals surface area contributed by atoms with Crippen molar-refractivity contribution in [3.63, 3.8) is 0 Å². The Morgan fingerprint density at radius 1 is 0.952 bits per heavy atom. The first kappa shape index (κ1) is 34.5. The SMILES string of the molecule is C=CCCC[C@H](Cc1ccccc1)C(=O)OC[C@@H](NC(=O)[C@@H](CC=C)CC(=O)N(CCO)Cc1ccccc1)C(C)C. The predicted molar refractivity (Wildman–Crippen MR) is 167 cm³/mol. The van der Waals surface area contributed by atoms with Gasteiger partial charge >= 0.3 is 5.97 Å². The van der Waals surface area contributed by atoms with Crippen molar-refractivity contribution < 1.29 is 24.2 Å². The molecule has 7 nitrogen and oxygen atoms in total. The van der Waals surface area contributed by atoms with Gasteiger partial charge in [-0.15, -0.1) is 13.2 Å². The molecule has 0 fully saturated rings. The van der Waals surface area contributed by atoms with Gasteiger partial charge in [0.05, 0.1) is 24.5 Å². The molecule has 0 unspecified atom stereocenters. The zero-order valence-electron chi connectivity index (χ0n) is 25.3. The predicted octanol–water partition coefficient (Wildman–Crippen LogP) is 5.49. The van der Waals surface area contributed by atoms with E-state index in [1.807, 2.05) is 80.6 Å². The van der Waals surface area contributed by atoms with E-state index in [-0.39, 0.29) is 55.8 Å². The van der Waals surface area contributed by atoms with Crippen molar-refractivity contribution in [1.82, 2.24) is 10.2 Å². The van der Waals surface area contributed by atoms with Crippen molar-refractivity contribution in [2.24, 2.45) is 17.8 Å². The number of hydrogen-bond donors (Lipinski definition) is 2. The van der Waals surface area contributed by atoms with Crippen molar-refractivity contribution in [2.45, 2.75) is 65.0 Å². The number of esters is 1. The summed E-state index contributed by atoms with van der Waals surface area (Å²) in [4.78, 5) is 41.4. The molecule has 0 aliphatic rings. The van der Waals surface area contributed by atoms with Gasteiger partial charge in [0.1, 0.15) is 6.61 Å². The minimum atomic E-state index is -0.631. The summed E-state index contributed by atoms with van der Waals surface area (Å²) in [5.41, 5.74) is 2.02. The van der Waals surface area contributed by atoms with E-state index in [0.717, 1.165) is 24.0 Å². The Hall–Kier alpha value is -3.71. The molecule has 0 heterocycles. The fraction of sp³-hybridized carbons (Fsp3) is 0.457. The summed E-state index contributed by atoms with van der Waals surface area (Å²) in [6.07, 6.45) is 6.74. The molecule has 2 rings (SSSR count). The summed E-state index contributed by atoms with van der Waals surface area (Å²) >= 11 is 0. The summed E-state index contributed by atoms with van der Waals surface area (Å²) in [5.74, 6) is -1.70. The largest absolute Gasteiger partial charge is 0.463 e. The van der Waals surface area contributed by atoms with Crippen LogP contribution in [0.3, 0.4) is 0 Å². The van der Waals surface area contributed by atoms with Crippen molar-refractivity contribution in [2.75, 3.05) is 19.8 Å². The molecule has 0 aromatic heterocycles. The smallest absolute Gasteiger partial charge is 0.309 e. The van der Waals surface area contributed by atoms with Crippen LogP contribution < -0.4 is 5.32 Å². The fourth-order valence-electron chi connectivity index (χ4n) is 4.74. The van der Waals surface area contributed by atoms with Crippen LogP contribution in [-0.4, -0.2) is 53.6 Å². The molecule has 228 valence electrons. The van der Waals surface area contributed by atoms with Gasteiger partial charge in [0, 0.05) is 19.5 Å². The van der Waals surface area contributed by atoms with Crippen LogP contribution in [0.1, 0.15) is 57.1 Å². The molecule has 7 heteroatoms. The number of rotatable bonds is 20. The van der Waals surface area contributed by atoms with Gasteiger partial charge in [-0.25, -0.2) is 0 Å². The van der Waals surface area contributed by atoms with E-state index in [4.69, 9.17) is 4.74 Å². The van der Waals surface area contributed by atoms with Crippen LogP contribution in [0.5, 0.6) is 0 Å². The summed E-state index contributed by atoms with van der Waals surface area (Å²) < 4.78 is 5.79. The zero-order chi connectivity index (χ0) is 30.7. The molecule has 2 N–H and O–H groups in total. The van der Waals surface area contributed by atoms with E-state index < -0.39 is 12.0 Å². The summed E-state index contributed by atoms with van der Waals surface area (Å²) in [5, 5.41) is 12.6.